The number of fused-ring (bicyclic) bond motifs is 1. The second kappa shape index (κ2) is 4.86. The maximum absolute atomic E-state index is 12.5. The quantitative estimate of drug-likeness (QED) is 0.713. The molecule has 0 spiro atoms. The van der Waals surface area contributed by atoms with Crippen LogP contribution in [0.25, 0.3) is 11.0 Å². The van der Waals surface area contributed by atoms with E-state index in [0.717, 1.165) is 5.56 Å². The number of anilines is 1. The zero-order valence-electron chi connectivity index (χ0n) is 11.3. The van der Waals surface area contributed by atoms with Crippen LogP contribution in [0.4, 0.5) is 5.95 Å². The summed E-state index contributed by atoms with van der Waals surface area (Å²) in [4.78, 5) is 20.0. The van der Waals surface area contributed by atoms with Crippen molar-refractivity contribution in [3.63, 3.8) is 0 Å². The first kappa shape index (κ1) is 13.0. The van der Waals surface area contributed by atoms with E-state index in [0.29, 0.717) is 12.1 Å². The van der Waals surface area contributed by atoms with Gasteiger partial charge in [-0.05, 0) is 5.56 Å². The van der Waals surface area contributed by atoms with Crippen molar-refractivity contribution in [3.05, 3.63) is 51.8 Å². The maximum Gasteiger partial charge on any atom is 0.229 e. The van der Waals surface area contributed by atoms with Gasteiger partial charge >= 0.3 is 0 Å². The molecule has 2 aromatic heterocycles. The summed E-state index contributed by atoms with van der Waals surface area (Å²) < 4.78 is 1.42. The smallest absolute Gasteiger partial charge is 0.229 e. The normalized spacial score (nSPS) is 10.9. The van der Waals surface area contributed by atoms with Crippen LogP contribution in [0, 0.1) is 0 Å². The lowest BCUT2D eigenvalue weighted by Gasteiger charge is -2.08. The van der Waals surface area contributed by atoms with Crippen LogP contribution in [0.2, 0.25) is 0 Å². The van der Waals surface area contributed by atoms with Crippen LogP contribution in [0.15, 0.2) is 35.1 Å². The van der Waals surface area contributed by atoms with Gasteiger partial charge < -0.3 is 10.8 Å². The first-order valence-electron chi connectivity index (χ1n) is 6.32. The lowest BCUT2D eigenvalue weighted by molar-refractivity contribution is 0.459. The number of hydrogen-bond donors (Lipinski definition) is 2. The zero-order chi connectivity index (χ0) is 15.0. The third kappa shape index (κ3) is 2.29. The molecule has 0 unspecified atom stereocenters. The molecule has 2 heterocycles. The molecule has 0 fully saturated rings. The van der Waals surface area contributed by atoms with Crippen molar-refractivity contribution in [2.75, 3.05) is 5.73 Å². The minimum atomic E-state index is -0.421. The first-order chi connectivity index (χ1) is 10.1. The molecule has 0 aliphatic rings. The molecule has 0 saturated heterocycles. The minimum Gasteiger partial charge on any atom is -0.493 e. The molecule has 21 heavy (non-hydrogen) atoms. The van der Waals surface area contributed by atoms with Crippen LogP contribution < -0.4 is 11.2 Å². The van der Waals surface area contributed by atoms with Gasteiger partial charge in [-0.3, -0.25) is 4.79 Å². The van der Waals surface area contributed by atoms with Crippen molar-refractivity contribution in [2.45, 2.75) is 6.42 Å². The molecule has 3 rings (SSSR count). The molecule has 1 aromatic carbocycles. The molecule has 3 aromatic rings. The lowest BCUT2D eigenvalue weighted by atomic mass is 10.1. The number of aromatic nitrogens is 4. The second-order valence-corrected chi connectivity index (χ2v) is 4.67. The number of aromatic hydroxyl groups is 1. The van der Waals surface area contributed by atoms with E-state index < -0.39 is 5.88 Å². The van der Waals surface area contributed by atoms with E-state index in [1.54, 1.807) is 7.05 Å². The Morgan fingerprint density at radius 1 is 1.24 bits per heavy atom. The van der Waals surface area contributed by atoms with Gasteiger partial charge in [-0.1, -0.05) is 30.3 Å². The second-order valence-electron chi connectivity index (χ2n) is 4.67. The molecule has 7 heteroatoms. The Morgan fingerprint density at radius 2 is 1.95 bits per heavy atom. The molecule has 0 saturated carbocycles. The molecule has 0 radical (unpaired) electrons. The third-order valence-electron chi connectivity index (χ3n) is 3.17. The lowest BCUT2D eigenvalue weighted by Crippen LogP contribution is -2.19. The van der Waals surface area contributed by atoms with Crippen LogP contribution in [0.1, 0.15) is 11.3 Å². The van der Waals surface area contributed by atoms with E-state index in [1.807, 2.05) is 30.3 Å². The maximum atomic E-state index is 12.5. The summed E-state index contributed by atoms with van der Waals surface area (Å²) in [5, 5.41) is 14.1. The van der Waals surface area contributed by atoms with Gasteiger partial charge in [0.1, 0.15) is 11.1 Å². The van der Waals surface area contributed by atoms with Gasteiger partial charge in [-0.15, -0.1) is 0 Å². The number of nitrogens with zero attached hydrogens (tertiary/aromatic N) is 4. The highest BCUT2D eigenvalue weighted by atomic mass is 16.3. The van der Waals surface area contributed by atoms with Gasteiger partial charge in [0.15, 0.2) is 5.65 Å². The average Bonchev–Trinajstić information content (AvgIpc) is 2.45. The molecule has 0 amide bonds. The summed E-state index contributed by atoms with van der Waals surface area (Å²) in [6, 6.07) is 9.50. The largest absolute Gasteiger partial charge is 0.493 e. The van der Waals surface area contributed by atoms with Gasteiger partial charge in [0.2, 0.25) is 17.3 Å². The Labute approximate surface area is 119 Å². The zero-order valence-corrected chi connectivity index (χ0v) is 11.3. The fourth-order valence-corrected chi connectivity index (χ4v) is 2.21. The van der Waals surface area contributed by atoms with Crippen LogP contribution in [0.3, 0.4) is 0 Å². The molecule has 0 aliphatic carbocycles. The first-order valence-corrected chi connectivity index (χ1v) is 6.32. The number of rotatable bonds is 2. The monoisotopic (exact) mass is 283 g/mol. The number of aryl methyl sites for hydroxylation is 1. The number of nitrogens with two attached hydrogens (primary N) is 1. The van der Waals surface area contributed by atoms with Crippen LogP contribution in [-0.2, 0) is 13.5 Å². The van der Waals surface area contributed by atoms with Crippen LogP contribution >= 0.6 is 0 Å². The van der Waals surface area contributed by atoms with E-state index in [1.165, 1.54) is 4.68 Å². The Hall–Kier alpha value is -2.96. The Morgan fingerprint density at radius 3 is 2.67 bits per heavy atom. The van der Waals surface area contributed by atoms with Crippen molar-refractivity contribution in [3.8, 4) is 5.88 Å². The van der Waals surface area contributed by atoms with Crippen molar-refractivity contribution < 1.29 is 5.11 Å². The molecular formula is C14H13N5O2. The highest BCUT2D eigenvalue weighted by Crippen LogP contribution is 2.18. The Balaban J connectivity index is 2.22. The highest BCUT2D eigenvalue weighted by molar-refractivity contribution is 5.81. The van der Waals surface area contributed by atoms with E-state index in [2.05, 4.69) is 15.1 Å². The molecule has 7 nitrogen and oxygen atoms in total. The van der Waals surface area contributed by atoms with Crippen molar-refractivity contribution in [1.82, 2.24) is 19.7 Å². The number of hydrogen-bond acceptors (Lipinski definition) is 6. The summed E-state index contributed by atoms with van der Waals surface area (Å²) in [6.07, 6.45) is 0.368. The fourth-order valence-electron chi connectivity index (χ4n) is 2.21. The fraction of sp³-hybridized carbons (Fsp3) is 0.143. The molecule has 0 bridgehead atoms. The topological polar surface area (TPSA) is 107 Å². The van der Waals surface area contributed by atoms with Crippen molar-refractivity contribution in [1.29, 1.82) is 0 Å². The predicted molar refractivity (Wildman–Crippen MR) is 77.9 cm³/mol. The number of benzene rings is 1. The predicted octanol–water partition coefficient (Wildman–Crippen LogP) is 0.602. The van der Waals surface area contributed by atoms with E-state index >= 15 is 0 Å². The van der Waals surface area contributed by atoms with Gasteiger partial charge in [0, 0.05) is 13.5 Å². The molecule has 0 atom stereocenters. The van der Waals surface area contributed by atoms with Crippen LogP contribution in [-0.4, -0.2) is 24.9 Å². The van der Waals surface area contributed by atoms with Gasteiger partial charge in [-0.2, -0.15) is 15.1 Å². The van der Waals surface area contributed by atoms with Crippen molar-refractivity contribution in [2.24, 2.45) is 7.05 Å². The highest BCUT2D eigenvalue weighted by Gasteiger charge is 2.16. The molecule has 106 valence electrons. The Kier molecular flexibility index (Phi) is 3.02. The standard InChI is InChI=1S/C14H13N5O2/c1-19-12-10(13(21)17-14(15)16-12)11(20)9(18-19)7-8-5-3-2-4-6-8/h2-6H,7H2,1H3,(H3,15,16,17,21). The van der Waals surface area contributed by atoms with Gasteiger partial charge in [0.05, 0.1) is 0 Å². The van der Waals surface area contributed by atoms with E-state index in [4.69, 9.17) is 5.73 Å². The summed E-state index contributed by atoms with van der Waals surface area (Å²) in [5.41, 5.74) is 6.58. The van der Waals surface area contributed by atoms with E-state index in [-0.39, 0.29) is 22.4 Å². The van der Waals surface area contributed by atoms with Crippen molar-refractivity contribution >= 4 is 17.0 Å². The SMILES string of the molecule is Cn1nc(Cc2ccccc2)c(=O)c2c(O)nc(N)nc21. The third-order valence-corrected chi connectivity index (χ3v) is 3.17. The molecule has 0 aliphatic heterocycles. The summed E-state index contributed by atoms with van der Waals surface area (Å²) in [6.45, 7) is 0. The Bertz CT molecular complexity index is 874. The van der Waals surface area contributed by atoms with Crippen LogP contribution in [0.5, 0.6) is 5.88 Å². The van der Waals surface area contributed by atoms with Gasteiger partial charge in [-0.25, -0.2) is 4.68 Å². The molecular weight excluding hydrogens is 270 g/mol. The minimum absolute atomic E-state index is 0.0348. The average molecular weight is 283 g/mol. The summed E-state index contributed by atoms with van der Waals surface area (Å²) >= 11 is 0. The number of nitrogen functional groups attached to an aromatic ring is 1. The molecule has 3 N–H and O–H groups in total. The summed E-state index contributed by atoms with van der Waals surface area (Å²) in [7, 11) is 1.64. The van der Waals surface area contributed by atoms with E-state index in [9.17, 15) is 9.90 Å². The summed E-state index contributed by atoms with van der Waals surface area (Å²) in [5.74, 6) is -0.526. The van der Waals surface area contributed by atoms with Gasteiger partial charge in [0.25, 0.3) is 0 Å².